The Hall–Kier alpha value is -1.15. The largest absolute Gasteiger partial charge is 0.293 e. The number of rotatable bonds is 5. The Bertz CT molecular complexity index is 447. The number of nitrogens with zero attached hydrogens (tertiary/aromatic N) is 1. The van der Waals surface area contributed by atoms with Gasteiger partial charge in [-0.2, -0.15) is 0 Å². The molecule has 0 saturated heterocycles. The summed E-state index contributed by atoms with van der Waals surface area (Å²) < 4.78 is 0. The molecular weight excluding hydrogens is 234 g/mol. The maximum absolute atomic E-state index is 12.5. The molecule has 2 rings (SSSR count). The first kappa shape index (κ1) is 14.3. The van der Waals surface area contributed by atoms with Crippen molar-refractivity contribution in [2.45, 2.75) is 52.5 Å². The van der Waals surface area contributed by atoms with E-state index in [2.05, 4.69) is 24.0 Å². The standard InChI is InChI=1S/C17H25NO/c1-4-18(15-7-5-6-8-15)12-17(19)16-11-13(2)9-10-14(16)3/h9-11,15H,4-8,12H2,1-3H3. The van der Waals surface area contributed by atoms with Gasteiger partial charge < -0.3 is 0 Å². The molecule has 104 valence electrons. The Morgan fingerprint density at radius 1 is 1.26 bits per heavy atom. The van der Waals surface area contributed by atoms with Gasteiger partial charge in [-0.3, -0.25) is 9.69 Å². The van der Waals surface area contributed by atoms with Gasteiger partial charge in [0.25, 0.3) is 0 Å². The lowest BCUT2D eigenvalue weighted by Gasteiger charge is -2.26. The van der Waals surface area contributed by atoms with Gasteiger partial charge in [0.1, 0.15) is 0 Å². The molecule has 1 aliphatic carbocycles. The van der Waals surface area contributed by atoms with Crippen LogP contribution < -0.4 is 0 Å². The minimum atomic E-state index is 0.273. The summed E-state index contributed by atoms with van der Waals surface area (Å²) in [6.45, 7) is 7.78. The molecule has 1 fully saturated rings. The van der Waals surface area contributed by atoms with Crippen LogP contribution in [0.15, 0.2) is 18.2 Å². The van der Waals surface area contributed by atoms with Crippen LogP contribution in [0.3, 0.4) is 0 Å². The lowest BCUT2D eigenvalue weighted by atomic mass is 10.0. The average Bonchev–Trinajstić information content (AvgIpc) is 2.92. The number of carbonyl (C=O) groups is 1. The zero-order chi connectivity index (χ0) is 13.8. The molecule has 1 aromatic carbocycles. The minimum absolute atomic E-state index is 0.273. The molecule has 0 bridgehead atoms. The summed E-state index contributed by atoms with van der Waals surface area (Å²) >= 11 is 0. The predicted octanol–water partition coefficient (Wildman–Crippen LogP) is 3.75. The Morgan fingerprint density at radius 3 is 2.58 bits per heavy atom. The number of likely N-dealkylation sites (N-methyl/N-ethyl adjacent to an activating group) is 1. The van der Waals surface area contributed by atoms with Gasteiger partial charge in [-0.05, 0) is 44.9 Å². The molecule has 1 aliphatic rings. The number of benzene rings is 1. The number of Topliss-reactive ketones (excluding diaryl/α,β-unsaturated/α-hetero) is 1. The highest BCUT2D eigenvalue weighted by atomic mass is 16.1. The molecule has 0 aliphatic heterocycles. The van der Waals surface area contributed by atoms with Crippen LogP contribution in [0.5, 0.6) is 0 Å². The molecular formula is C17H25NO. The highest BCUT2D eigenvalue weighted by molar-refractivity contribution is 5.99. The average molecular weight is 259 g/mol. The first-order chi connectivity index (χ1) is 9.11. The summed E-state index contributed by atoms with van der Waals surface area (Å²) in [7, 11) is 0. The SMILES string of the molecule is CCN(CC(=O)c1cc(C)ccc1C)C1CCCC1. The fourth-order valence-electron chi connectivity index (χ4n) is 3.07. The van der Waals surface area contributed by atoms with E-state index >= 15 is 0 Å². The zero-order valence-corrected chi connectivity index (χ0v) is 12.4. The third kappa shape index (κ3) is 3.44. The number of hydrogen-bond acceptors (Lipinski definition) is 2. The van der Waals surface area contributed by atoms with Gasteiger partial charge in [0.05, 0.1) is 6.54 Å². The van der Waals surface area contributed by atoms with Gasteiger partial charge in [0.15, 0.2) is 5.78 Å². The first-order valence-corrected chi connectivity index (χ1v) is 7.46. The molecule has 0 unspecified atom stereocenters. The van der Waals surface area contributed by atoms with Crippen LogP contribution in [0.2, 0.25) is 0 Å². The van der Waals surface area contributed by atoms with Crippen molar-refractivity contribution in [2.75, 3.05) is 13.1 Å². The molecule has 0 radical (unpaired) electrons. The van der Waals surface area contributed by atoms with Crippen LogP contribution in [-0.4, -0.2) is 29.8 Å². The smallest absolute Gasteiger partial charge is 0.177 e. The molecule has 0 aromatic heterocycles. The normalized spacial score (nSPS) is 16.2. The van der Waals surface area contributed by atoms with E-state index in [-0.39, 0.29) is 5.78 Å². The van der Waals surface area contributed by atoms with Crippen LogP contribution in [0, 0.1) is 13.8 Å². The van der Waals surface area contributed by atoms with Crippen molar-refractivity contribution in [3.8, 4) is 0 Å². The van der Waals surface area contributed by atoms with Gasteiger partial charge in [-0.1, -0.05) is 37.5 Å². The molecule has 2 nitrogen and oxygen atoms in total. The van der Waals surface area contributed by atoms with E-state index in [9.17, 15) is 4.79 Å². The monoisotopic (exact) mass is 259 g/mol. The van der Waals surface area contributed by atoms with E-state index in [1.165, 1.54) is 25.7 Å². The minimum Gasteiger partial charge on any atom is -0.293 e. The summed E-state index contributed by atoms with van der Waals surface area (Å²) in [5, 5.41) is 0. The maximum Gasteiger partial charge on any atom is 0.177 e. The molecule has 2 heteroatoms. The highest BCUT2D eigenvalue weighted by Crippen LogP contribution is 2.23. The third-order valence-electron chi connectivity index (χ3n) is 4.29. The Morgan fingerprint density at radius 2 is 1.95 bits per heavy atom. The van der Waals surface area contributed by atoms with Gasteiger partial charge in [-0.15, -0.1) is 0 Å². The van der Waals surface area contributed by atoms with Crippen LogP contribution in [0.1, 0.15) is 54.1 Å². The highest BCUT2D eigenvalue weighted by Gasteiger charge is 2.23. The third-order valence-corrected chi connectivity index (χ3v) is 4.29. The summed E-state index contributed by atoms with van der Waals surface area (Å²) in [4.78, 5) is 14.9. The molecule has 0 N–H and O–H groups in total. The molecule has 0 heterocycles. The molecule has 0 amide bonds. The lowest BCUT2D eigenvalue weighted by molar-refractivity contribution is 0.0898. The van der Waals surface area contributed by atoms with E-state index in [0.717, 1.165) is 23.2 Å². The van der Waals surface area contributed by atoms with Crippen molar-refractivity contribution >= 4 is 5.78 Å². The van der Waals surface area contributed by atoms with E-state index < -0.39 is 0 Å². The van der Waals surface area contributed by atoms with Crippen molar-refractivity contribution in [1.82, 2.24) is 4.90 Å². The first-order valence-electron chi connectivity index (χ1n) is 7.46. The van der Waals surface area contributed by atoms with Gasteiger partial charge in [0, 0.05) is 11.6 Å². The van der Waals surface area contributed by atoms with Gasteiger partial charge in [0.2, 0.25) is 0 Å². The second-order valence-corrected chi connectivity index (χ2v) is 5.74. The van der Waals surface area contributed by atoms with Crippen molar-refractivity contribution < 1.29 is 4.79 Å². The quantitative estimate of drug-likeness (QED) is 0.751. The second-order valence-electron chi connectivity index (χ2n) is 5.74. The number of hydrogen-bond donors (Lipinski definition) is 0. The molecule has 0 spiro atoms. The zero-order valence-electron chi connectivity index (χ0n) is 12.4. The van der Waals surface area contributed by atoms with Crippen LogP contribution >= 0.6 is 0 Å². The predicted molar refractivity (Wildman–Crippen MR) is 79.7 cm³/mol. The number of ketones is 1. The molecule has 1 aromatic rings. The molecule has 0 atom stereocenters. The topological polar surface area (TPSA) is 20.3 Å². The maximum atomic E-state index is 12.5. The number of carbonyl (C=O) groups excluding carboxylic acids is 1. The summed E-state index contributed by atoms with van der Waals surface area (Å²) in [6, 6.07) is 6.77. The van der Waals surface area contributed by atoms with E-state index in [1.807, 2.05) is 19.9 Å². The second kappa shape index (κ2) is 6.33. The summed E-state index contributed by atoms with van der Waals surface area (Å²) in [5.74, 6) is 0.273. The fourth-order valence-corrected chi connectivity index (χ4v) is 3.07. The van der Waals surface area contributed by atoms with E-state index in [0.29, 0.717) is 12.6 Å². The van der Waals surface area contributed by atoms with Crippen LogP contribution in [0.4, 0.5) is 0 Å². The van der Waals surface area contributed by atoms with Crippen molar-refractivity contribution in [3.63, 3.8) is 0 Å². The van der Waals surface area contributed by atoms with E-state index in [1.54, 1.807) is 0 Å². The fraction of sp³-hybridized carbons (Fsp3) is 0.588. The van der Waals surface area contributed by atoms with Crippen molar-refractivity contribution in [1.29, 1.82) is 0 Å². The number of aryl methyl sites for hydroxylation is 2. The van der Waals surface area contributed by atoms with Crippen molar-refractivity contribution in [2.24, 2.45) is 0 Å². The molecule has 1 saturated carbocycles. The van der Waals surface area contributed by atoms with Crippen LogP contribution in [0.25, 0.3) is 0 Å². The summed E-state index contributed by atoms with van der Waals surface area (Å²) in [6.07, 6.45) is 5.15. The van der Waals surface area contributed by atoms with Crippen molar-refractivity contribution in [3.05, 3.63) is 34.9 Å². The van der Waals surface area contributed by atoms with Gasteiger partial charge in [-0.25, -0.2) is 0 Å². The summed E-state index contributed by atoms with van der Waals surface area (Å²) in [5.41, 5.74) is 3.16. The lowest BCUT2D eigenvalue weighted by Crippen LogP contribution is -2.37. The Balaban J connectivity index is 2.08. The Kier molecular flexibility index (Phi) is 4.76. The molecule has 19 heavy (non-hydrogen) atoms. The Labute approximate surface area is 116 Å². The van der Waals surface area contributed by atoms with Gasteiger partial charge >= 0.3 is 0 Å². The van der Waals surface area contributed by atoms with Crippen LogP contribution in [-0.2, 0) is 0 Å². The van der Waals surface area contributed by atoms with E-state index in [4.69, 9.17) is 0 Å².